The Morgan fingerprint density at radius 3 is 2.56 bits per heavy atom. The number of aromatic nitrogens is 2. The number of nitrogens with zero attached hydrogens (tertiary/aromatic N) is 2. The van der Waals surface area contributed by atoms with Gasteiger partial charge in [0.15, 0.2) is 0 Å². The van der Waals surface area contributed by atoms with Gasteiger partial charge in [-0.2, -0.15) is 0 Å². The van der Waals surface area contributed by atoms with E-state index in [4.69, 9.17) is 0 Å². The molecule has 0 fully saturated rings. The van der Waals surface area contributed by atoms with Crippen LogP contribution in [0.1, 0.15) is 27.7 Å². The Bertz CT molecular complexity index is 534. The van der Waals surface area contributed by atoms with Crippen LogP contribution in [0.5, 0.6) is 0 Å². The van der Waals surface area contributed by atoms with Crippen LogP contribution in [-0.4, -0.2) is 16.1 Å². The number of fused-ring (bicyclic) bond motifs is 1. The highest BCUT2D eigenvalue weighted by Crippen LogP contribution is 2.26. The zero-order valence-electron chi connectivity index (χ0n) is 12.0. The van der Waals surface area contributed by atoms with Gasteiger partial charge in [-0.05, 0) is 23.5 Å². The first-order valence-corrected chi connectivity index (χ1v) is 6.55. The van der Waals surface area contributed by atoms with Crippen molar-refractivity contribution < 1.29 is 0 Å². The molecule has 3 heteroatoms. The van der Waals surface area contributed by atoms with Crippen LogP contribution in [0, 0.1) is 11.3 Å². The summed E-state index contributed by atoms with van der Waals surface area (Å²) in [6, 6.07) is 8.22. The van der Waals surface area contributed by atoms with Crippen molar-refractivity contribution in [3.63, 3.8) is 0 Å². The SMILES string of the molecule is CC(CNc1nc2ccccc2n1C)C(C)(C)C. The Kier molecular flexibility index (Phi) is 3.33. The standard InChI is InChI=1S/C15H23N3/c1-11(15(2,3)4)10-16-14-17-12-8-6-7-9-13(12)18(14)5/h6-9,11H,10H2,1-5H3,(H,16,17). The van der Waals surface area contributed by atoms with Crippen molar-refractivity contribution in [3.8, 4) is 0 Å². The topological polar surface area (TPSA) is 29.9 Å². The molecule has 3 nitrogen and oxygen atoms in total. The molecule has 1 heterocycles. The summed E-state index contributed by atoms with van der Waals surface area (Å²) in [6.45, 7) is 10.0. The maximum atomic E-state index is 4.62. The van der Waals surface area contributed by atoms with E-state index in [-0.39, 0.29) is 0 Å². The van der Waals surface area contributed by atoms with Crippen LogP contribution in [0.4, 0.5) is 5.95 Å². The Labute approximate surface area is 109 Å². The lowest BCUT2D eigenvalue weighted by Crippen LogP contribution is -2.25. The van der Waals surface area contributed by atoms with Gasteiger partial charge in [0.25, 0.3) is 0 Å². The second kappa shape index (κ2) is 4.63. The lowest BCUT2D eigenvalue weighted by Gasteiger charge is -2.27. The predicted molar refractivity (Wildman–Crippen MR) is 77.8 cm³/mol. The van der Waals surface area contributed by atoms with Gasteiger partial charge in [-0.15, -0.1) is 0 Å². The molecule has 1 unspecified atom stereocenters. The molecule has 2 rings (SSSR count). The summed E-state index contributed by atoms with van der Waals surface area (Å²) in [5.74, 6) is 1.55. The summed E-state index contributed by atoms with van der Waals surface area (Å²) < 4.78 is 2.12. The number of hydrogen-bond acceptors (Lipinski definition) is 2. The summed E-state index contributed by atoms with van der Waals surface area (Å²) in [5, 5.41) is 3.46. The van der Waals surface area contributed by atoms with E-state index in [9.17, 15) is 0 Å². The molecule has 0 saturated carbocycles. The average molecular weight is 245 g/mol. The third kappa shape index (κ3) is 2.50. The minimum atomic E-state index is 0.317. The number of para-hydroxylation sites is 2. The fourth-order valence-electron chi connectivity index (χ4n) is 1.85. The average Bonchev–Trinajstić information content (AvgIpc) is 2.63. The zero-order chi connectivity index (χ0) is 13.3. The van der Waals surface area contributed by atoms with Gasteiger partial charge < -0.3 is 9.88 Å². The molecule has 0 bridgehead atoms. The van der Waals surface area contributed by atoms with Crippen LogP contribution in [0.25, 0.3) is 11.0 Å². The molecule has 1 aromatic heterocycles. The van der Waals surface area contributed by atoms with Gasteiger partial charge in [-0.1, -0.05) is 39.8 Å². The quantitative estimate of drug-likeness (QED) is 0.894. The highest BCUT2D eigenvalue weighted by Gasteiger charge is 2.20. The third-order valence-corrected chi connectivity index (χ3v) is 3.83. The van der Waals surface area contributed by atoms with Crippen molar-refractivity contribution in [2.75, 3.05) is 11.9 Å². The van der Waals surface area contributed by atoms with Crippen molar-refractivity contribution in [1.29, 1.82) is 0 Å². The second-order valence-corrected chi connectivity index (χ2v) is 6.13. The van der Waals surface area contributed by atoms with Crippen molar-refractivity contribution in [3.05, 3.63) is 24.3 Å². The molecule has 0 amide bonds. The van der Waals surface area contributed by atoms with Crippen LogP contribution in [0.3, 0.4) is 0 Å². The maximum Gasteiger partial charge on any atom is 0.203 e. The number of aryl methyl sites for hydroxylation is 1. The van der Waals surface area contributed by atoms with E-state index in [2.05, 4.69) is 55.7 Å². The normalized spacial score (nSPS) is 13.8. The molecule has 0 aliphatic heterocycles. The van der Waals surface area contributed by atoms with Gasteiger partial charge in [-0.3, -0.25) is 0 Å². The molecule has 2 aromatic rings. The lowest BCUT2D eigenvalue weighted by atomic mass is 9.82. The second-order valence-electron chi connectivity index (χ2n) is 6.13. The van der Waals surface area contributed by atoms with Crippen molar-refractivity contribution in [2.24, 2.45) is 18.4 Å². The largest absolute Gasteiger partial charge is 0.355 e. The Morgan fingerprint density at radius 2 is 1.94 bits per heavy atom. The molecule has 0 aliphatic rings. The van der Waals surface area contributed by atoms with Gasteiger partial charge in [0.1, 0.15) is 0 Å². The van der Waals surface area contributed by atoms with E-state index in [1.54, 1.807) is 0 Å². The minimum Gasteiger partial charge on any atom is -0.355 e. The maximum absolute atomic E-state index is 4.62. The lowest BCUT2D eigenvalue weighted by molar-refractivity contribution is 0.274. The molecule has 0 radical (unpaired) electrons. The van der Waals surface area contributed by atoms with E-state index in [1.807, 2.05) is 18.2 Å². The third-order valence-electron chi connectivity index (χ3n) is 3.83. The minimum absolute atomic E-state index is 0.317. The first-order valence-electron chi connectivity index (χ1n) is 6.55. The molecule has 1 atom stereocenters. The predicted octanol–water partition coefficient (Wildman–Crippen LogP) is 3.67. The van der Waals surface area contributed by atoms with E-state index in [0.717, 1.165) is 18.0 Å². The molecular weight excluding hydrogens is 222 g/mol. The molecule has 0 saturated heterocycles. The first kappa shape index (κ1) is 12.9. The Balaban J connectivity index is 2.15. The van der Waals surface area contributed by atoms with E-state index in [0.29, 0.717) is 11.3 Å². The highest BCUT2D eigenvalue weighted by atomic mass is 15.2. The number of imidazole rings is 1. The number of rotatable bonds is 3. The Hall–Kier alpha value is -1.51. The monoisotopic (exact) mass is 245 g/mol. The zero-order valence-corrected chi connectivity index (χ0v) is 12.0. The summed E-state index contributed by atoms with van der Waals surface area (Å²) in [5.41, 5.74) is 2.53. The summed E-state index contributed by atoms with van der Waals surface area (Å²) in [6.07, 6.45) is 0. The van der Waals surface area contributed by atoms with E-state index >= 15 is 0 Å². The Morgan fingerprint density at radius 1 is 1.28 bits per heavy atom. The number of nitrogens with one attached hydrogen (secondary N) is 1. The molecule has 1 N–H and O–H groups in total. The van der Waals surface area contributed by atoms with Crippen molar-refractivity contribution in [1.82, 2.24) is 9.55 Å². The summed E-state index contributed by atoms with van der Waals surface area (Å²) in [4.78, 5) is 4.62. The van der Waals surface area contributed by atoms with Crippen LogP contribution in [0.2, 0.25) is 0 Å². The van der Waals surface area contributed by atoms with Crippen LogP contribution in [-0.2, 0) is 7.05 Å². The summed E-state index contributed by atoms with van der Waals surface area (Å²) in [7, 11) is 2.05. The molecule has 0 spiro atoms. The van der Waals surface area contributed by atoms with Gasteiger partial charge in [-0.25, -0.2) is 4.98 Å². The molecular formula is C15H23N3. The number of anilines is 1. The fraction of sp³-hybridized carbons (Fsp3) is 0.533. The van der Waals surface area contributed by atoms with Crippen molar-refractivity contribution in [2.45, 2.75) is 27.7 Å². The van der Waals surface area contributed by atoms with Gasteiger partial charge in [0.05, 0.1) is 11.0 Å². The van der Waals surface area contributed by atoms with E-state index < -0.39 is 0 Å². The van der Waals surface area contributed by atoms with Crippen LogP contribution >= 0.6 is 0 Å². The van der Waals surface area contributed by atoms with Crippen LogP contribution in [0.15, 0.2) is 24.3 Å². The molecule has 1 aromatic carbocycles. The smallest absolute Gasteiger partial charge is 0.203 e. The van der Waals surface area contributed by atoms with Gasteiger partial charge >= 0.3 is 0 Å². The first-order chi connectivity index (χ1) is 8.39. The molecule has 98 valence electrons. The summed E-state index contributed by atoms with van der Waals surface area (Å²) >= 11 is 0. The fourth-order valence-corrected chi connectivity index (χ4v) is 1.85. The van der Waals surface area contributed by atoms with E-state index in [1.165, 1.54) is 5.52 Å². The highest BCUT2D eigenvalue weighted by molar-refractivity contribution is 5.78. The van der Waals surface area contributed by atoms with Gasteiger partial charge in [0, 0.05) is 13.6 Å². The number of benzene rings is 1. The molecule has 18 heavy (non-hydrogen) atoms. The van der Waals surface area contributed by atoms with Crippen molar-refractivity contribution >= 4 is 17.0 Å². The van der Waals surface area contributed by atoms with Crippen LogP contribution < -0.4 is 5.32 Å². The number of hydrogen-bond donors (Lipinski definition) is 1. The molecule has 0 aliphatic carbocycles. The van der Waals surface area contributed by atoms with Gasteiger partial charge in [0.2, 0.25) is 5.95 Å².